The lowest BCUT2D eigenvalue weighted by molar-refractivity contribution is 0.0270. The van der Waals surface area contributed by atoms with Crippen LogP contribution in [0.4, 0.5) is 0 Å². The first kappa shape index (κ1) is 13.8. The zero-order valence-electron chi connectivity index (χ0n) is 11.5. The second-order valence-corrected chi connectivity index (χ2v) is 6.28. The first-order valence-electron chi connectivity index (χ1n) is 6.74. The molecule has 4 atom stereocenters. The van der Waals surface area contributed by atoms with E-state index in [0.29, 0.717) is 5.92 Å². The highest BCUT2D eigenvalue weighted by atomic mass is 16.3. The molecule has 0 amide bonds. The van der Waals surface area contributed by atoms with Crippen molar-refractivity contribution in [1.29, 1.82) is 0 Å². The van der Waals surface area contributed by atoms with Crippen LogP contribution in [0.5, 0.6) is 0 Å². The summed E-state index contributed by atoms with van der Waals surface area (Å²) in [5, 5.41) is 29.3. The van der Waals surface area contributed by atoms with Gasteiger partial charge in [0.05, 0.1) is 12.7 Å². The number of hydrogen-bond acceptors (Lipinski definition) is 3. The molecule has 2 aliphatic carbocycles. The predicted octanol–water partition coefficient (Wildman–Crippen LogP) is 1.78. The fourth-order valence-electron chi connectivity index (χ4n) is 3.22. The van der Waals surface area contributed by atoms with Crippen LogP contribution in [0, 0.1) is 11.3 Å². The quantitative estimate of drug-likeness (QED) is 0.657. The highest BCUT2D eigenvalue weighted by Crippen LogP contribution is 2.50. The maximum atomic E-state index is 10.2. The summed E-state index contributed by atoms with van der Waals surface area (Å²) in [4.78, 5) is 0. The molecule has 0 saturated heterocycles. The van der Waals surface area contributed by atoms with Gasteiger partial charge in [0.15, 0.2) is 0 Å². The second-order valence-electron chi connectivity index (χ2n) is 6.28. The van der Waals surface area contributed by atoms with Crippen LogP contribution < -0.4 is 0 Å². The summed E-state index contributed by atoms with van der Waals surface area (Å²) < 4.78 is 0. The van der Waals surface area contributed by atoms with Gasteiger partial charge in [-0.05, 0) is 37.7 Å². The topological polar surface area (TPSA) is 60.7 Å². The van der Waals surface area contributed by atoms with Gasteiger partial charge in [0, 0.05) is 5.41 Å². The van der Waals surface area contributed by atoms with E-state index >= 15 is 0 Å². The summed E-state index contributed by atoms with van der Waals surface area (Å²) in [7, 11) is 0. The van der Waals surface area contributed by atoms with Crippen LogP contribution in [0.15, 0.2) is 23.3 Å². The van der Waals surface area contributed by atoms with Crippen LogP contribution in [0.25, 0.3) is 0 Å². The first-order valence-corrected chi connectivity index (χ1v) is 6.74. The van der Waals surface area contributed by atoms with Crippen LogP contribution in [0.2, 0.25) is 0 Å². The normalized spacial score (nSPS) is 39.4. The van der Waals surface area contributed by atoms with E-state index in [4.69, 9.17) is 0 Å². The fourth-order valence-corrected chi connectivity index (χ4v) is 3.22. The van der Waals surface area contributed by atoms with E-state index in [9.17, 15) is 15.3 Å². The summed E-state index contributed by atoms with van der Waals surface area (Å²) in [6.07, 6.45) is 6.13. The van der Waals surface area contributed by atoms with E-state index in [0.717, 1.165) is 24.8 Å². The lowest BCUT2D eigenvalue weighted by Gasteiger charge is -2.45. The van der Waals surface area contributed by atoms with Gasteiger partial charge in [0.2, 0.25) is 0 Å². The molecule has 3 nitrogen and oxygen atoms in total. The third-order valence-electron chi connectivity index (χ3n) is 4.84. The molecule has 3 N–H and O–H groups in total. The molecule has 0 spiro atoms. The van der Waals surface area contributed by atoms with E-state index in [2.05, 4.69) is 19.9 Å². The Morgan fingerprint density at radius 3 is 2.72 bits per heavy atom. The molecule has 0 aromatic carbocycles. The summed E-state index contributed by atoms with van der Waals surface area (Å²) in [5.41, 5.74) is 0.982. The third kappa shape index (κ3) is 2.15. The molecule has 1 unspecified atom stereocenters. The zero-order chi connectivity index (χ0) is 13.6. The number of aliphatic hydroxyl groups excluding tert-OH is 2. The smallest absolute Gasteiger partial charge is 0.106 e. The lowest BCUT2D eigenvalue weighted by atomic mass is 9.61. The van der Waals surface area contributed by atoms with Crippen LogP contribution in [0.1, 0.15) is 40.0 Å². The molecule has 0 bridgehead atoms. The fraction of sp³-hybridized carbons (Fsp3) is 0.733. The van der Waals surface area contributed by atoms with Gasteiger partial charge in [0.25, 0.3) is 0 Å². The Balaban J connectivity index is 2.40. The minimum atomic E-state index is -1.12. The standard InChI is InChI=1S/C15H24O3/c1-10-6-13(17)7-11-4-5-12(8-14(10,11)2)15(3,18)9-16/h7-8,10,13,16-18H,4-6,9H2,1-3H3/t10-,13-,14+,15?/m0/s1. The zero-order valence-corrected chi connectivity index (χ0v) is 11.5. The molecule has 0 aromatic rings. The van der Waals surface area contributed by atoms with Crippen LogP contribution in [-0.4, -0.2) is 33.6 Å². The molecule has 0 aliphatic heterocycles. The Kier molecular flexibility index (Phi) is 3.43. The highest BCUT2D eigenvalue weighted by molar-refractivity contribution is 5.36. The summed E-state index contributed by atoms with van der Waals surface area (Å²) in [6, 6.07) is 0. The maximum absolute atomic E-state index is 10.2. The molecule has 0 saturated carbocycles. The minimum absolute atomic E-state index is 0.0913. The Morgan fingerprint density at radius 2 is 2.11 bits per heavy atom. The molecule has 0 heterocycles. The molecule has 0 fully saturated rings. The van der Waals surface area contributed by atoms with E-state index in [1.165, 1.54) is 5.57 Å². The van der Waals surface area contributed by atoms with Crippen molar-refractivity contribution in [2.24, 2.45) is 11.3 Å². The SMILES string of the molecule is C[C@H]1C[C@H](O)C=C2CCC(C(C)(O)CO)=C[C@@]21C. The van der Waals surface area contributed by atoms with E-state index in [1.807, 2.05) is 6.08 Å². The lowest BCUT2D eigenvalue weighted by Crippen LogP contribution is -2.40. The largest absolute Gasteiger partial charge is 0.393 e. The monoisotopic (exact) mass is 252 g/mol. The number of allylic oxidation sites excluding steroid dienone is 2. The first-order chi connectivity index (χ1) is 8.29. The van der Waals surface area contributed by atoms with Crippen LogP contribution in [-0.2, 0) is 0 Å². The molecule has 0 aromatic heterocycles. The van der Waals surface area contributed by atoms with Crippen molar-refractivity contribution < 1.29 is 15.3 Å². The molecule has 3 heteroatoms. The van der Waals surface area contributed by atoms with E-state index in [1.54, 1.807) is 6.92 Å². The molecular formula is C15H24O3. The summed E-state index contributed by atoms with van der Waals surface area (Å²) in [5.74, 6) is 0.345. The molecular weight excluding hydrogens is 228 g/mol. The second kappa shape index (κ2) is 4.48. The van der Waals surface area contributed by atoms with Gasteiger partial charge in [-0.25, -0.2) is 0 Å². The van der Waals surface area contributed by atoms with E-state index in [-0.39, 0.29) is 18.1 Å². The van der Waals surface area contributed by atoms with Crippen molar-refractivity contribution in [3.63, 3.8) is 0 Å². The molecule has 102 valence electrons. The van der Waals surface area contributed by atoms with Gasteiger partial charge >= 0.3 is 0 Å². The van der Waals surface area contributed by atoms with Gasteiger partial charge in [-0.1, -0.05) is 31.6 Å². The predicted molar refractivity (Wildman–Crippen MR) is 71.0 cm³/mol. The average Bonchev–Trinajstić information content (AvgIpc) is 2.30. The van der Waals surface area contributed by atoms with Crippen molar-refractivity contribution >= 4 is 0 Å². The van der Waals surface area contributed by atoms with Crippen molar-refractivity contribution in [2.45, 2.75) is 51.7 Å². The van der Waals surface area contributed by atoms with Gasteiger partial charge in [-0.15, -0.1) is 0 Å². The number of rotatable bonds is 2. The minimum Gasteiger partial charge on any atom is -0.393 e. The van der Waals surface area contributed by atoms with Crippen LogP contribution in [0.3, 0.4) is 0 Å². The van der Waals surface area contributed by atoms with Gasteiger partial charge < -0.3 is 15.3 Å². The van der Waals surface area contributed by atoms with E-state index < -0.39 is 5.60 Å². The van der Waals surface area contributed by atoms with Crippen molar-refractivity contribution in [3.05, 3.63) is 23.3 Å². The van der Waals surface area contributed by atoms with Gasteiger partial charge in [-0.3, -0.25) is 0 Å². The van der Waals surface area contributed by atoms with Crippen molar-refractivity contribution in [1.82, 2.24) is 0 Å². The van der Waals surface area contributed by atoms with Gasteiger partial charge in [0.1, 0.15) is 5.60 Å². The number of hydrogen-bond donors (Lipinski definition) is 3. The number of fused-ring (bicyclic) bond motifs is 1. The third-order valence-corrected chi connectivity index (χ3v) is 4.84. The Bertz CT molecular complexity index is 395. The maximum Gasteiger partial charge on any atom is 0.106 e. The Labute approximate surface area is 109 Å². The molecule has 0 radical (unpaired) electrons. The Morgan fingerprint density at radius 1 is 1.44 bits per heavy atom. The average molecular weight is 252 g/mol. The van der Waals surface area contributed by atoms with Crippen molar-refractivity contribution in [3.8, 4) is 0 Å². The summed E-state index contributed by atoms with van der Waals surface area (Å²) in [6.45, 7) is 5.73. The van der Waals surface area contributed by atoms with Crippen LogP contribution >= 0.6 is 0 Å². The summed E-state index contributed by atoms with van der Waals surface area (Å²) >= 11 is 0. The molecule has 2 rings (SSSR count). The highest BCUT2D eigenvalue weighted by Gasteiger charge is 2.42. The molecule has 18 heavy (non-hydrogen) atoms. The Hall–Kier alpha value is -0.640. The molecule has 2 aliphatic rings. The van der Waals surface area contributed by atoms with Crippen molar-refractivity contribution in [2.75, 3.05) is 6.61 Å². The van der Waals surface area contributed by atoms with Gasteiger partial charge in [-0.2, -0.15) is 0 Å². The number of aliphatic hydroxyl groups is 3.